The van der Waals surface area contributed by atoms with E-state index in [0.29, 0.717) is 24.5 Å². The van der Waals surface area contributed by atoms with Gasteiger partial charge in [-0.3, -0.25) is 4.79 Å². The lowest BCUT2D eigenvalue weighted by Crippen LogP contribution is -2.37. The maximum absolute atomic E-state index is 11.9. The summed E-state index contributed by atoms with van der Waals surface area (Å²) in [4.78, 5) is 11.9. The highest BCUT2D eigenvalue weighted by Gasteiger charge is 2.15. The third-order valence-electron chi connectivity index (χ3n) is 3.01. The Morgan fingerprint density at radius 3 is 2.71 bits per heavy atom. The smallest absolute Gasteiger partial charge is 0.260 e. The highest BCUT2D eigenvalue weighted by atomic mass is 16.5. The molecule has 1 heterocycles. The summed E-state index contributed by atoms with van der Waals surface area (Å²) in [7, 11) is 0. The number of ether oxygens (including phenoxy) is 1. The molecular formula is C16H19NO4. The van der Waals surface area contributed by atoms with Gasteiger partial charge in [-0.2, -0.15) is 0 Å². The van der Waals surface area contributed by atoms with Gasteiger partial charge in [-0.15, -0.1) is 0 Å². The van der Waals surface area contributed by atoms with Crippen LogP contribution in [0.15, 0.2) is 53.1 Å². The van der Waals surface area contributed by atoms with Crippen molar-refractivity contribution in [2.75, 3.05) is 6.54 Å². The summed E-state index contributed by atoms with van der Waals surface area (Å²) >= 11 is 0. The number of rotatable bonds is 7. The SMILES string of the molecule is CC(Oc1ccccc1)C(=O)NCCC(O)c1ccco1. The van der Waals surface area contributed by atoms with Gasteiger partial charge < -0.3 is 19.6 Å². The average Bonchev–Trinajstić information content (AvgIpc) is 3.02. The van der Waals surface area contributed by atoms with Crippen LogP contribution in [-0.4, -0.2) is 23.7 Å². The molecule has 1 aromatic carbocycles. The first-order valence-electron chi connectivity index (χ1n) is 6.87. The molecule has 112 valence electrons. The molecule has 5 nitrogen and oxygen atoms in total. The molecular weight excluding hydrogens is 270 g/mol. The molecule has 21 heavy (non-hydrogen) atoms. The van der Waals surface area contributed by atoms with Crippen molar-refractivity contribution in [3.63, 3.8) is 0 Å². The average molecular weight is 289 g/mol. The lowest BCUT2D eigenvalue weighted by molar-refractivity contribution is -0.127. The predicted molar refractivity (Wildman–Crippen MR) is 77.8 cm³/mol. The first kappa shape index (κ1) is 15.1. The van der Waals surface area contributed by atoms with Gasteiger partial charge in [0.1, 0.15) is 17.6 Å². The second-order valence-corrected chi connectivity index (χ2v) is 4.68. The Bertz CT molecular complexity index is 539. The number of aliphatic hydroxyl groups excluding tert-OH is 1. The van der Waals surface area contributed by atoms with Crippen molar-refractivity contribution < 1.29 is 19.1 Å². The molecule has 0 saturated heterocycles. The summed E-state index contributed by atoms with van der Waals surface area (Å²) in [5, 5.41) is 12.5. The Balaban J connectivity index is 1.71. The van der Waals surface area contributed by atoms with Crippen LogP contribution < -0.4 is 10.1 Å². The van der Waals surface area contributed by atoms with Crippen LogP contribution in [0.25, 0.3) is 0 Å². The van der Waals surface area contributed by atoms with Crippen molar-refractivity contribution in [3.8, 4) is 5.75 Å². The van der Waals surface area contributed by atoms with Gasteiger partial charge in [0.2, 0.25) is 0 Å². The van der Waals surface area contributed by atoms with Crippen molar-refractivity contribution in [3.05, 3.63) is 54.5 Å². The van der Waals surface area contributed by atoms with E-state index in [1.807, 2.05) is 18.2 Å². The molecule has 2 N–H and O–H groups in total. The quantitative estimate of drug-likeness (QED) is 0.820. The Labute approximate surface area is 123 Å². The van der Waals surface area contributed by atoms with Crippen LogP contribution in [0.2, 0.25) is 0 Å². The zero-order valence-corrected chi connectivity index (χ0v) is 11.9. The molecule has 0 spiro atoms. The number of aliphatic hydroxyl groups is 1. The van der Waals surface area contributed by atoms with Crippen LogP contribution in [-0.2, 0) is 4.79 Å². The summed E-state index contributed by atoms with van der Waals surface area (Å²) in [6.07, 6.45) is 0.586. The van der Waals surface area contributed by atoms with Gasteiger partial charge in [0, 0.05) is 6.54 Å². The number of carbonyl (C=O) groups excluding carboxylic acids is 1. The van der Waals surface area contributed by atoms with Crippen molar-refractivity contribution in [2.24, 2.45) is 0 Å². The highest BCUT2D eigenvalue weighted by molar-refractivity contribution is 5.80. The lowest BCUT2D eigenvalue weighted by atomic mass is 10.2. The third kappa shape index (κ3) is 4.65. The Hall–Kier alpha value is -2.27. The molecule has 2 rings (SSSR count). The minimum atomic E-state index is -0.717. The lowest BCUT2D eigenvalue weighted by Gasteiger charge is -2.15. The molecule has 0 aliphatic heterocycles. The van der Waals surface area contributed by atoms with E-state index < -0.39 is 12.2 Å². The van der Waals surface area contributed by atoms with E-state index in [0.717, 1.165) is 0 Å². The van der Waals surface area contributed by atoms with Crippen molar-refractivity contribution >= 4 is 5.91 Å². The second-order valence-electron chi connectivity index (χ2n) is 4.68. The molecule has 2 atom stereocenters. The number of hydrogen-bond donors (Lipinski definition) is 2. The number of benzene rings is 1. The largest absolute Gasteiger partial charge is 0.481 e. The van der Waals surface area contributed by atoms with Gasteiger partial charge >= 0.3 is 0 Å². The van der Waals surface area contributed by atoms with Gasteiger partial charge in [0.25, 0.3) is 5.91 Å². The summed E-state index contributed by atoms with van der Waals surface area (Å²) in [6, 6.07) is 12.6. The van der Waals surface area contributed by atoms with Gasteiger partial charge in [0.15, 0.2) is 6.10 Å². The maximum Gasteiger partial charge on any atom is 0.260 e. The first-order chi connectivity index (χ1) is 10.2. The summed E-state index contributed by atoms with van der Waals surface area (Å²) < 4.78 is 10.6. The number of nitrogens with one attached hydrogen (secondary N) is 1. The highest BCUT2D eigenvalue weighted by Crippen LogP contribution is 2.16. The molecule has 0 aliphatic carbocycles. The van der Waals surface area contributed by atoms with Gasteiger partial charge in [0.05, 0.1) is 6.26 Å². The van der Waals surface area contributed by atoms with Gasteiger partial charge in [-0.1, -0.05) is 18.2 Å². The number of amides is 1. The summed E-state index contributed by atoms with van der Waals surface area (Å²) in [6.45, 7) is 2.04. The zero-order chi connectivity index (χ0) is 15.1. The van der Waals surface area contributed by atoms with E-state index in [1.54, 1.807) is 31.2 Å². The summed E-state index contributed by atoms with van der Waals surface area (Å²) in [5.41, 5.74) is 0. The van der Waals surface area contributed by atoms with E-state index >= 15 is 0 Å². The van der Waals surface area contributed by atoms with Crippen LogP contribution in [0.4, 0.5) is 0 Å². The Morgan fingerprint density at radius 1 is 1.29 bits per heavy atom. The molecule has 0 fully saturated rings. The minimum Gasteiger partial charge on any atom is -0.481 e. The van der Waals surface area contributed by atoms with Crippen molar-refractivity contribution in [1.29, 1.82) is 0 Å². The van der Waals surface area contributed by atoms with Gasteiger partial charge in [-0.05, 0) is 37.6 Å². The van der Waals surface area contributed by atoms with E-state index in [2.05, 4.69) is 5.32 Å². The fraction of sp³-hybridized carbons (Fsp3) is 0.312. The van der Waals surface area contributed by atoms with Crippen LogP contribution >= 0.6 is 0 Å². The number of furan rings is 1. The fourth-order valence-electron chi connectivity index (χ4n) is 1.86. The number of para-hydroxylation sites is 1. The fourth-order valence-corrected chi connectivity index (χ4v) is 1.86. The third-order valence-corrected chi connectivity index (χ3v) is 3.01. The Morgan fingerprint density at radius 2 is 2.05 bits per heavy atom. The van der Waals surface area contributed by atoms with E-state index in [9.17, 15) is 9.90 Å². The van der Waals surface area contributed by atoms with Crippen LogP contribution in [0.1, 0.15) is 25.2 Å². The van der Waals surface area contributed by atoms with Crippen molar-refractivity contribution in [1.82, 2.24) is 5.32 Å². The number of hydrogen-bond acceptors (Lipinski definition) is 4. The molecule has 0 saturated carbocycles. The minimum absolute atomic E-state index is 0.217. The van der Waals surface area contributed by atoms with E-state index in [-0.39, 0.29) is 5.91 Å². The molecule has 5 heteroatoms. The number of carbonyl (C=O) groups is 1. The molecule has 2 aromatic rings. The molecule has 1 amide bonds. The van der Waals surface area contributed by atoms with Crippen LogP contribution in [0.5, 0.6) is 5.75 Å². The molecule has 2 unspecified atom stereocenters. The molecule has 0 radical (unpaired) electrons. The predicted octanol–water partition coefficient (Wildman–Crippen LogP) is 2.29. The normalized spacial score (nSPS) is 13.4. The monoisotopic (exact) mass is 289 g/mol. The van der Waals surface area contributed by atoms with E-state index in [4.69, 9.17) is 9.15 Å². The summed E-state index contributed by atoms with van der Waals surface area (Å²) in [5.74, 6) is 0.930. The zero-order valence-electron chi connectivity index (χ0n) is 11.9. The van der Waals surface area contributed by atoms with E-state index in [1.165, 1.54) is 6.26 Å². The molecule has 1 aromatic heterocycles. The molecule has 0 aliphatic rings. The Kier molecular flexibility index (Phi) is 5.40. The first-order valence-corrected chi connectivity index (χ1v) is 6.87. The maximum atomic E-state index is 11.9. The van der Waals surface area contributed by atoms with Crippen LogP contribution in [0.3, 0.4) is 0 Å². The standard InChI is InChI=1S/C16H19NO4/c1-12(21-13-6-3-2-4-7-13)16(19)17-10-9-14(18)15-8-5-11-20-15/h2-8,11-12,14,18H,9-10H2,1H3,(H,17,19). The second kappa shape index (κ2) is 7.50. The van der Waals surface area contributed by atoms with Gasteiger partial charge in [-0.25, -0.2) is 0 Å². The molecule has 0 bridgehead atoms. The van der Waals surface area contributed by atoms with Crippen molar-refractivity contribution in [2.45, 2.75) is 25.6 Å². The van der Waals surface area contributed by atoms with Crippen LogP contribution in [0, 0.1) is 0 Å². The topological polar surface area (TPSA) is 71.7 Å².